The molecule has 1 fully saturated rings. The summed E-state index contributed by atoms with van der Waals surface area (Å²) >= 11 is 0. The molecule has 2 N–H and O–H groups in total. The summed E-state index contributed by atoms with van der Waals surface area (Å²) in [5.41, 5.74) is 5.36. The van der Waals surface area contributed by atoms with Gasteiger partial charge in [0.05, 0.1) is 20.9 Å². The van der Waals surface area contributed by atoms with Crippen LogP contribution in [0.25, 0.3) is 0 Å². The number of furan rings is 1. The molecule has 0 aliphatic heterocycles. The van der Waals surface area contributed by atoms with E-state index in [4.69, 9.17) is 14.9 Å². The van der Waals surface area contributed by atoms with E-state index < -0.39 is 21.9 Å². The number of benzene rings is 1. The van der Waals surface area contributed by atoms with Crippen LogP contribution in [0.1, 0.15) is 44.0 Å². The molecule has 1 aromatic carbocycles. The van der Waals surface area contributed by atoms with Gasteiger partial charge in [-0.1, -0.05) is 43.5 Å². The molecule has 7 heteroatoms. The molecule has 0 bridgehead atoms. The number of nitrogens with two attached hydrogens (primary N) is 1. The maximum Gasteiger partial charge on any atom is 0.405 e. The van der Waals surface area contributed by atoms with Gasteiger partial charge in [0, 0.05) is 18.4 Å². The number of primary amides is 1. The topological polar surface area (TPSA) is 94.9 Å². The van der Waals surface area contributed by atoms with Gasteiger partial charge in [0.25, 0.3) is 0 Å². The third-order valence-corrected chi connectivity index (χ3v) is 7.46. The van der Waals surface area contributed by atoms with Crippen molar-refractivity contribution in [2.24, 2.45) is 21.9 Å². The van der Waals surface area contributed by atoms with Crippen molar-refractivity contribution in [3.63, 3.8) is 0 Å². The second-order valence-electron chi connectivity index (χ2n) is 7.24. The van der Waals surface area contributed by atoms with Crippen LogP contribution in [-0.2, 0) is 14.5 Å². The third kappa shape index (κ3) is 5.29. The number of rotatable bonds is 7. The highest BCUT2D eigenvalue weighted by atomic mass is 32.2. The molecule has 156 valence electrons. The van der Waals surface area contributed by atoms with E-state index in [1.165, 1.54) is 6.42 Å². The molecule has 1 aliphatic rings. The van der Waals surface area contributed by atoms with Crippen molar-refractivity contribution < 1.29 is 18.2 Å². The molecule has 0 spiro atoms. The predicted molar refractivity (Wildman–Crippen MR) is 113 cm³/mol. The first-order valence-corrected chi connectivity index (χ1v) is 11.5. The summed E-state index contributed by atoms with van der Waals surface area (Å²) in [5, 5.41) is 1.65. The van der Waals surface area contributed by atoms with Gasteiger partial charge in [-0.3, -0.25) is 0 Å². The summed E-state index contributed by atoms with van der Waals surface area (Å²) in [6, 6.07) is 12.7. The summed E-state index contributed by atoms with van der Waals surface area (Å²) in [7, 11) is -1.17. The van der Waals surface area contributed by atoms with Gasteiger partial charge in [-0.15, -0.1) is 0 Å². The van der Waals surface area contributed by atoms with E-state index in [9.17, 15) is 9.00 Å². The van der Waals surface area contributed by atoms with Crippen molar-refractivity contribution in [1.82, 2.24) is 0 Å². The molecule has 1 amide bonds. The largest absolute Gasteiger partial charge is 0.465 e. The van der Waals surface area contributed by atoms with Gasteiger partial charge in [-0.05, 0) is 43.0 Å². The first-order chi connectivity index (χ1) is 14.0. The number of hydrogen-bond acceptors (Lipinski definition) is 5. The van der Waals surface area contributed by atoms with E-state index >= 15 is 0 Å². The highest BCUT2D eigenvalue weighted by Gasteiger charge is 2.34. The number of amides is 1. The zero-order valence-corrected chi connectivity index (χ0v) is 17.4. The minimum atomic E-state index is -2.73. The van der Waals surface area contributed by atoms with Gasteiger partial charge in [0.15, 0.2) is 6.10 Å². The maximum atomic E-state index is 13.5. The summed E-state index contributed by atoms with van der Waals surface area (Å²) < 4.78 is 28.7. The third-order valence-electron chi connectivity index (χ3n) is 5.45. The van der Waals surface area contributed by atoms with E-state index in [-0.39, 0.29) is 11.8 Å². The Kier molecular flexibility index (Phi) is 7.14. The van der Waals surface area contributed by atoms with Gasteiger partial charge in [-0.25, -0.2) is 13.4 Å². The van der Waals surface area contributed by atoms with Crippen molar-refractivity contribution in [3.8, 4) is 0 Å². The van der Waals surface area contributed by atoms with E-state index in [1.54, 1.807) is 43.0 Å². The standard InChI is InChI=1S/C22H28N2O4S/c1-24-29(26,18-11-6-3-7-12-18)16-14-19(17-9-4-2-5-10-17)21(28-22(23)25)20-13-8-15-27-20/h3,6-8,11-17,19,21H,2,4-5,9-10H2,1H3,(H2,23,25)/b16-14-/t19-,21+,29?/m0/s1. The van der Waals surface area contributed by atoms with Gasteiger partial charge in [0.2, 0.25) is 0 Å². The Balaban J connectivity index is 1.99. The van der Waals surface area contributed by atoms with Crippen molar-refractivity contribution in [2.75, 3.05) is 7.05 Å². The van der Waals surface area contributed by atoms with Crippen LogP contribution < -0.4 is 5.73 Å². The van der Waals surface area contributed by atoms with Crippen LogP contribution in [0.2, 0.25) is 0 Å². The molecule has 3 rings (SSSR count). The Morgan fingerprint density at radius 1 is 1.21 bits per heavy atom. The second kappa shape index (κ2) is 9.78. The summed E-state index contributed by atoms with van der Waals surface area (Å²) in [5.74, 6) is 0.592. The Labute approximate surface area is 172 Å². The summed E-state index contributed by atoms with van der Waals surface area (Å²) in [6.45, 7) is 0. The van der Waals surface area contributed by atoms with Gasteiger partial charge in [0.1, 0.15) is 5.76 Å². The number of carbonyl (C=O) groups excluding carboxylic acids is 1. The summed E-state index contributed by atoms with van der Waals surface area (Å²) in [6.07, 6.45) is 7.33. The van der Waals surface area contributed by atoms with Gasteiger partial charge in [-0.2, -0.15) is 0 Å². The molecular formula is C22H28N2O4S. The fourth-order valence-corrected chi connectivity index (χ4v) is 5.42. The Hall–Kier alpha value is -2.54. The number of ether oxygens (including phenoxy) is 1. The molecule has 1 aliphatic carbocycles. The lowest BCUT2D eigenvalue weighted by molar-refractivity contribution is 0.0411. The van der Waals surface area contributed by atoms with Crippen LogP contribution in [0.5, 0.6) is 0 Å². The van der Waals surface area contributed by atoms with Gasteiger partial charge >= 0.3 is 6.09 Å². The Morgan fingerprint density at radius 2 is 1.93 bits per heavy atom. The van der Waals surface area contributed by atoms with E-state index in [0.717, 1.165) is 25.7 Å². The highest BCUT2D eigenvalue weighted by molar-refractivity contribution is 7.96. The van der Waals surface area contributed by atoms with Crippen LogP contribution in [-0.4, -0.2) is 17.3 Å². The first kappa shape index (κ1) is 21.2. The average Bonchev–Trinajstić information content (AvgIpc) is 3.29. The molecule has 1 unspecified atom stereocenters. The molecule has 29 heavy (non-hydrogen) atoms. The minimum Gasteiger partial charge on any atom is -0.465 e. The van der Waals surface area contributed by atoms with Crippen LogP contribution in [0.4, 0.5) is 4.79 Å². The monoisotopic (exact) mass is 416 g/mol. The van der Waals surface area contributed by atoms with Crippen molar-refractivity contribution in [3.05, 3.63) is 66.0 Å². The number of carbonyl (C=O) groups is 1. The smallest absolute Gasteiger partial charge is 0.405 e. The average molecular weight is 417 g/mol. The SMILES string of the molecule is CN=S(=O)(/C=C\[C@@H](C1CCCCC1)[C@@H](OC(N)=O)c1ccco1)c1ccccc1. The maximum absolute atomic E-state index is 13.5. The molecule has 3 atom stereocenters. The fraction of sp³-hybridized carbons (Fsp3) is 0.409. The van der Waals surface area contributed by atoms with Crippen LogP contribution >= 0.6 is 0 Å². The Bertz CT molecular complexity index is 925. The summed E-state index contributed by atoms with van der Waals surface area (Å²) in [4.78, 5) is 12.3. The predicted octanol–water partition coefficient (Wildman–Crippen LogP) is 5.28. The van der Waals surface area contributed by atoms with Crippen molar-refractivity contribution >= 4 is 15.8 Å². The quantitative estimate of drug-likeness (QED) is 0.664. The lowest BCUT2D eigenvalue weighted by Crippen LogP contribution is -2.28. The second-order valence-corrected chi connectivity index (χ2v) is 9.49. The molecular weight excluding hydrogens is 388 g/mol. The molecule has 1 saturated carbocycles. The molecule has 0 saturated heterocycles. The van der Waals surface area contributed by atoms with E-state index in [1.807, 2.05) is 24.3 Å². The van der Waals surface area contributed by atoms with Crippen LogP contribution in [0, 0.1) is 11.8 Å². The van der Waals surface area contributed by atoms with E-state index in [2.05, 4.69) is 4.36 Å². The highest BCUT2D eigenvalue weighted by Crippen LogP contribution is 2.40. The molecule has 1 heterocycles. The lowest BCUT2D eigenvalue weighted by Gasteiger charge is -2.32. The lowest BCUT2D eigenvalue weighted by atomic mass is 9.77. The zero-order chi connectivity index (χ0) is 20.7. The molecule has 2 aromatic rings. The van der Waals surface area contributed by atoms with Gasteiger partial charge < -0.3 is 14.9 Å². The zero-order valence-electron chi connectivity index (χ0n) is 16.6. The fourth-order valence-electron chi connectivity index (χ4n) is 3.99. The number of nitrogens with zero attached hydrogens (tertiary/aromatic N) is 1. The Morgan fingerprint density at radius 3 is 2.52 bits per heavy atom. The minimum absolute atomic E-state index is 0.208. The normalized spacial score (nSPS) is 19.3. The molecule has 0 radical (unpaired) electrons. The van der Waals surface area contributed by atoms with Crippen molar-refractivity contribution in [2.45, 2.75) is 43.1 Å². The number of hydrogen-bond donors (Lipinski definition) is 1. The molecule has 6 nitrogen and oxygen atoms in total. The first-order valence-electron chi connectivity index (χ1n) is 9.91. The molecule has 1 aromatic heterocycles. The van der Waals surface area contributed by atoms with Crippen LogP contribution in [0.3, 0.4) is 0 Å². The van der Waals surface area contributed by atoms with Crippen LogP contribution in [0.15, 0.2) is 73.9 Å². The van der Waals surface area contributed by atoms with Crippen molar-refractivity contribution in [1.29, 1.82) is 0 Å². The van der Waals surface area contributed by atoms with E-state index in [0.29, 0.717) is 10.7 Å².